The van der Waals surface area contributed by atoms with Crippen molar-refractivity contribution in [3.8, 4) is 11.3 Å². The van der Waals surface area contributed by atoms with Gasteiger partial charge in [0.25, 0.3) is 0 Å². The molecule has 1 aromatic carbocycles. The van der Waals surface area contributed by atoms with Crippen LogP contribution in [0.5, 0.6) is 0 Å². The van der Waals surface area contributed by atoms with E-state index in [0.717, 1.165) is 28.8 Å². The third-order valence-corrected chi connectivity index (χ3v) is 6.30. The quantitative estimate of drug-likeness (QED) is 0.596. The van der Waals surface area contributed by atoms with E-state index < -0.39 is 0 Å². The topological polar surface area (TPSA) is 72.7 Å². The van der Waals surface area contributed by atoms with E-state index in [0.29, 0.717) is 11.0 Å². The number of carbonyl (C=O) groups excluding carboxylic acids is 1. The fourth-order valence-corrected chi connectivity index (χ4v) is 4.46. The maximum atomic E-state index is 12.6. The third-order valence-electron chi connectivity index (χ3n) is 4.46. The van der Waals surface area contributed by atoms with Crippen LogP contribution in [0, 0.1) is 0 Å². The van der Waals surface area contributed by atoms with Crippen molar-refractivity contribution < 1.29 is 4.79 Å². The summed E-state index contributed by atoms with van der Waals surface area (Å²) in [5.41, 5.74) is 1.91. The highest BCUT2D eigenvalue weighted by Gasteiger charge is 2.30. The van der Waals surface area contributed by atoms with E-state index in [1.54, 1.807) is 0 Å². The number of anilines is 1. The van der Waals surface area contributed by atoms with Crippen molar-refractivity contribution in [3.63, 3.8) is 0 Å². The van der Waals surface area contributed by atoms with E-state index in [-0.39, 0.29) is 11.2 Å². The van der Waals surface area contributed by atoms with Crippen molar-refractivity contribution in [1.29, 1.82) is 0 Å². The monoisotopic (exact) mass is 399 g/mol. The molecule has 1 amide bonds. The highest BCUT2D eigenvalue weighted by Crippen LogP contribution is 2.40. The van der Waals surface area contributed by atoms with Crippen LogP contribution in [-0.4, -0.2) is 30.9 Å². The number of carbonyl (C=O) groups is 1. The molecular weight excluding hydrogens is 378 g/mol. The van der Waals surface area contributed by atoms with Crippen molar-refractivity contribution in [1.82, 2.24) is 19.7 Å². The Balaban J connectivity index is 1.41. The van der Waals surface area contributed by atoms with Gasteiger partial charge in [-0.15, -0.1) is 21.5 Å². The highest BCUT2D eigenvalue weighted by molar-refractivity contribution is 8.00. The second-order valence-electron chi connectivity index (χ2n) is 6.51. The Morgan fingerprint density at radius 1 is 1.33 bits per heavy atom. The van der Waals surface area contributed by atoms with Gasteiger partial charge in [-0.3, -0.25) is 4.79 Å². The van der Waals surface area contributed by atoms with Gasteiger partial charge >= 0.3 is 0 Å². The summed E-state index contributed by atoms with van der Waals surface area (Å²) in [7, 11) is 0. The number of nitrogens with zero attached hydrogens (tertiary/aromatic N) is 4. The molecule has 1 N–H and O–H groups in total. The number of aromatic nitrogens is 4. The summed E-state index contributed by atoms with van der Waals surface area (Å²) in [6.45, 7) is 4.80. The van der Waals surface area contributed by atoms with Crippen LogP contribution in [0.25, 0.3) is 11.3 Å². The first-order valence-corrected chi connectivity index (χ1v) is 10.8. The first-order valence-electron chi connectivity index (χ1n) is 9.07. The maximum absolute atomic E-state index is 12.6. The molecule has 27 heavy (non-hydrogen) atoms. The zero-order valence-electron chi connectivity index (χ0n) is 15.3. The molecule has 0 radical (unpaired) electrons. The van der Waals surface area contributed by atoms with Crippen LogP contribution in [0.4, 0.5) is 5.13 Å². The molecule has 1 fully saturated rings. The fourth-order valence-electron chi connectivity index (χ4n) is 2.82. The Kier molecular flexibility index (Phi) is 5.27. The van der Waals surface area contributed by atoms with Gasteiger partial charge in [-0.2, -0.15) is 0 Å². The average Bonchev–Trinajstić information content (AvgIpc) is 3.29. The molecule has 0 spiro atoms. The first-order chi connectivity index (χ1) is 13.2. The summed E-state index contributed by atoms with van der Waals surface area (Å²) in [5.74, 6) is 1.52. The van der Waals surface area contributed by atoms with Gasteiger partial charge in [0, 0.05) is 23.4 Å². The molecule has 1 atom stereocenters. The SMILES string of the molecule is CCn1c(S[C@@H](C)C(=O)Nc2nc(-c3ccccc3)cs2)nnc1C1CC1. The molecule has 0 aliphatic heterocycles. The number of nitrogens with one attached hydrogen (secondary N) is 1. The number of rotatable bonds is 7. The molecule has 2 aromatic heterocycles. The van der Waals surface area contributed by atoms with Gasteiger partial charge in [0.2, 0.25) is 5.91 Å². The third kappa shape index (κ3) is 4.06. The maximum Gasteiger partial charge on any atom is 0.239 e. The molecule has 0 bridgehead atoms. The second-order valence-corrected chi connectivity index (χ2v) is 8.68. The zero-order valence-corrected chi connectivity index (χ0v) is 16.9. The smallest absolute Gasteiger partial charge is 0.239 e. The lowest BCUT2D eigenvalue weighted by atomic mass is 10.2. The molecule has 2 heterocycles. The Morgan fingerprint density at radius 3 is 2.81 bits per heavy atom. The van der Waals surface area contributed by atoms with Crippen molar-refractivity contribution in [2.75, 3.05) is 5.32 Å². The van der Waals surface area contributed by atoms with Gasteiger partial charge < -0.3 is 9.88 Å². The van der Waals surface area contributed by atoms with Gasteiger partial charge in [0.05, 0.1) is 10.9 Å². The minimum atomic E-state index is -0.282. The van der Waals surface area contributed by atoms with Crippen molar-refractivity contribution in [2.24, 2.45) is 0 Å². The largest absolute Gasteiger partial charge is 0.306 e. The lowest BCUT2D eigenvalue weighted by Crippen LogP contribution is -2.23. The Hall–Kier alpha value is -2.19. The molecule has 0 unspecified atom stereocenters. The lowest BCUT2D eigenvalue weighted by Gasteiger charge is -2.11. The Bertz CT molecular complexity index is 933. The van der Waals surface area contributed by atoms with Gasteiger partial charge in [-0.1, -0.05) is 42.1 Å². The van der Waals surface area contributed by atoms with E-state index in [9.17, 15) is 4.79 Å². The zero-order chi connectivity index (χ0) is 18.8. The molecule has 1 saturated carbocycles. The molecule has 4 rings (SSSR count). The second kappa shape index (κ2) is 7.82. The highest BCUT2D eigenvalue weighted by atomic mass is 32.2. The molecule has 1 aliphatic rings. The molecule has 140 valence electrons. The van der Waals surface area contributed by atoms with E-state index in [1.807, 2.05) is 42.6 Å². The number of hydrogen-bond acceptors (Lipinski definition) is 6. The predicted octanol–water partition coefficient (Wildman–Crippen LogP) is 4.42. The van der Waals surface area contributed by atoms with E-state index in [2.05, 4.69) is 32.0 Å². The van der Waals surface area contributed by atoms with Gasteiger partial charge in [-0.05, 0) is 26.7 Å². The molecule has 1 aliphatic carbocycles. The van der Waals surface area contributed by atoms with Crippen molar-refractivity contribution in [2.45, 2.75) is 49.6 Å². The van der Waals surface area contributed by atoms with Crippen LogP contribution in [0.15, 0.2) is 40.9 Å². The Labute approximate surface area is 166 Å². The Morgan fingerprint density at radius 2 is 2.11 bits per heavy atom. The standard InChI is InChI=1S/C19H21N5OS2/c1-3-24-16(14-9-10-14)22-23-19(24)27-12(2)17(25)21-18-20-15(11-26-18)13-7-5-4-6-8-13/h4-8,11-12,14H,3,9-10H2,1-2H3,(H,20,21,25)/t12-/m0/s1. The van der Waals surface area contributed by atoms with Crippen molar-refractivity contribution in [3.05, 3.63) is 41.5 Å². The number of benzene rings is 1. The first kappa shape index (κ1) is 18.2. The van der Waals surface area contributed by atoms with Crippen LogP contribution < -0.4 is 5.32 Å². The number of amides is 1. The van der Waals surface area contributed by atoms with Crippen LogP contribution >= 0.6 is 23.1 Å². The summed E-state index contributed by atoms with van der Waals surface area (Å²) in [6.07, 6.45) is 2.37. The van der Waals surface area contributed by atoms with Gasteiger partial charge in [-0.25, -0.2) is 4.98 Å². The summed E-state index contributed by atoms with van der Waals surface area (Å²) in [6, 6.07) is 9.94. The minimum absolute atomic E-state index is 0.0763. The van der Waals surface area contributed by atoms with Crippen LogP contribution in [0.1, 0.15) is 38.4 Å². The van der Waals surface area contributed by atoms with Gasteiger partial charge in [0.1, 0.15) is 5.82 Å². The van der Waals surface area contributed by atoms with Crippen LogP contribution in [0.2, 0.25) is 0 Å². The lowest BCUT2D eigenvalue weighted by molar-refractivity contribution is -0.115. The molecule has 0 saturated heterocycles. The molecular formula is C19H21N5OS2. The van der Waals surface area contributed by atoms with Crippen LogP contribution in [0.3, 0.4) is 0 Å². The summed E-state index contributed by atoms with van der Waals surface area (Å²) in [4.78, 5) is 17.1. The summed E-state index contributed by atoms with van der Waals surface area (Å²) < 4.78 is 2.13. The normalized spacial score (nSPS) is 14.9. The fraction of sp³-hybridized carbons (Fsp3) is 0.368. The molecule has 6 nitrogen and oxygen atoms in total. The minimum Gasteiger partial charge on any atom is -0.306 e. The number of hydrogen-bond donors (Lipinski definition) is 1. The number of thiazole rings is 1. The number of thioether (sulfide) groups is 1. The molecule has 8 heteroatoms. The summed E-state index contributed by atoms with van der Waals surface area (Å²) >= 11 is 2.88. The predicted molar refractivity (Wildman–Crippen MR) is 109 cm³/mol. The van der Waals surface area contributed by atoms with Gasteiger partial charge in [0.15, 0.2) is 10.3 Å². The van der Waals surface area contributed by atoms with E-state index in [1.165, 1.54) is 35.9 Å². The summed E-state index contributed by atoms with van der Waals surface area (Å²) in [5, 5.41) is 14.7. The van der Waals surface area contributed by atoms with Crippen LogP contribution in [-0.2, 0) is 11.3 Å². The van der Waals surface area contributed by atoms with E-state index in [4.69, 9.17) is 0 Å². The average molecular weight is 400 g/mol. The molecule has 3 aromatic rings. The van der Waals surface area contributed by atoms with Crippen molar-refractivity contribution >= 4 is 34.1 Å². The van der Waals surface area contributed by atoms with E-state index >= 15 is 0 Å².